The van der Waals surface area contributed by atoms with Gasteiger partial charge in [-0.1, -0.05) is 84.9 Å². The maximum absolute atomic E-state index is 13.5. The van der Waals surface area contributed by atoms with Crippen LogP contribution in [0.3, 0.4) is 0 Å². The number of rotatable bonds is 14. The van der Waals surface area contributed by atoms with Gasteiger partial charge in [0.2, 0.25) is 0 Å². The Labute approximate surface area is 241 Å². The molecule has 4 aromatic carbocycles. The van der Waals surface area contributed by atoms with Crippen LogP contribution in [0.25, 0.3) is 0 Å². The number of hydrogen-bond acceptors (Lipinski definition) is 6. The van der Waals surface area contributed by atoms with Crippen LogP contribution in [-0.2, 0) is 45.1 Å². The molecule has 0 saturated heterocycles. The first-order chi connectivity index (χ1) is 20.0. The van der Waals surface area contributed by atoms with Crippen LogP contribution in [0.2, 0.25) is 0 Å². The zero-order chi connectivity index (χ0) is 28.9. The quantitative estimate of drug-likeness (QED) is 0.127. The minimum Gasteiger partial charge on any atom is -0.489 e. The summed E-state index contributed by atoms with van der Waals surface area (Å²) in [6.07, 6.45) is 0.242. The van der Waals surface area contributed by atoms with Gasteiger partial charge in [-0.15, -0.1) is 0 Å². The minimum absolute atomic E-state index is 0.121. The number of ether oxygens (including phenoxy) is 4. The zero-order valence-corrected chi connectivity index (χ0v) is 23.6. The second-order valence-electron chi connectivity index (χ2n) is 9.71. The molecule has 0 atom stereocenters. The average Bonchev–Trinajstić information content (AvgIpc) is 3.01. The van der Waals surface area contributed by atoms with E-state index in [9.17, 15) is 9.59 Å². The third-order valence-electron chi connectivity index (χ3n) is 6.69. The molecule has 212 valence electrons. The van der Waals surface area contributed by atoms with Gasteiger partial charge in [-0.25, -0.2) is 0 Å². The number of benzene rings is 4. The number of hydrogen-bond donors (Lipinski definition) is 0. The molecule has 0 spiro atoms. The van der Waals surface area contributed by atoms with Crippen molar-refractivity contribution in [3.8, 4) is 11.5 Å². The van der Waals surface area contributed by atoms with Crippen LogP contribution in [0.1, 0.15) is 36.1 Å². The monoisotopic (exact) mass is 552 g/mol. The Morgan fingerprint density at radius 1 is 0.512 bits per heavy atom. The normalized spacial score (nSPS) is 11.0. The lowest BCUT2D eigenvalue weighted by atomic mass is 9.76. The van der Waals surface area contributed by atoms with Gasteiger partial charge in [0, 0.05) is 0 Å². The Hall–Kier alpha value is -4.58. The molecular formula is C35H36O6. The average molecular weight is 553 g/mol. The highest BCUT2D eigenvalue weighted by atomic mass is 16.6. The summed E-state index contributed by atoms with van der Waals surface area (Å²) < 4.78 is 22.7. The van der Waals surface area contributed by atoms with E-state index in [1.54, 1.807) is 13.8 Å². The Kier molecular flexibility index (Phi) is 10.5. The van der Waals surface area contributed by atoms with Crippen molar-refractivity contribution in [2.45, 2.75) is 39.9 Å². The van der Waals surface area contributed by atoms with E-state index in [2.05, 4.69) is 0 Å². The van der Waals surface area contributed by atoms with Gasteiger partial charge in [0.05, 0.1) is 13.2 Å². The SMILES string of the molecule is CCOC(=O)C(Cc1ccc(OCc2ccccc2)cc1)(Cc1ccc(OCc2ccccc2)cc1)C(=O)OCC. The number of carbonyl (C=O) groups is 2. The summed E-state index contributed by atoms with van der Waals surface area (Å²) in [4.78, 5) is 26.9. The molecule has 0 unspecified atom stereocenters. The van der Waals surface area contributed by atoms with Crippen molar-refractivity contribution in [3.63, 3.8) is 0 Å². The Balaban J connectivity index is 1.52. The molecule has 6 nitrogen and oxygen atoms in total. The van der Waals surface area contributed by atoms with Crippen LogP contribution in [0.5, 0.6) is 11.5 Å². The molecule has 0 heterocycles. The summed E-state index contributed by atoms with van der Waals surface area (Å²) in [5, 5.41) is 0. The Morgan fingerprint density at radius 3 is 1.22 bits per heavy atom. The fourth-order valence-electron chi connectivity index (χ4n) is 4.56. The van der Waals surface area contributed by atoms with E-state index in [4.69, 9.17) is 18.9 Å². The Bertz CT molecular complexity index is 1260. The molecule has 0 radical (unpaired) electrons. The van der Waals surface area contributed by atoms with Crippen molar-refractivity contribution in [1.82, 2.24) is 0 Å². The summed E-state index contributed by atoms with van der Waals surface area (Å²) in [5.41, 5.74) is 2.17. The van der Waals surface area contributed by atoms with Crippen LogP contribution >= 0.6 is 0 Å². The van der Waals surface area contributed by atoms with Gasteiger partial charge in [-0.3, -0.25) is 9.59 Å². The molecule has 0 aromatic heterocycles. The molecule has 0 bridgehead atoms. The van der Waals surface area contributed by atoms with E-state index < -0.39 is 17.4 Å². The molecule has 0 aliphatic carbocycles. The van der Waals surface area contributed by atoms with Crippen LogP contribution in [-0.4, -0.2) is 25.2 Å². The highest BCUT2D eigenvalue weighted by molar-refractivity contribution is 6.00. The van der Waals surface area contributed by atoms with Crippen molar-refractivity contribution in [2.24, 2.45) is 5.41 Å². The van der Waals surface area contributed by atoms with E-state index in [-0.39, 0.29) is 26.1 Å². The standard InChI is InChI=1S/C35H36O6/c1-3-38-33(36)35(34(37)39-4-2,23-27-15-19-31(20-16-27)40-25-29-11-7-5-8-12-29)24-28-17-21-32(22-18-28)41-26-30-13-9-6-10-14-30/h5-22H,3-4,23-26H2,1-2H3. The molecule has 4 aromatic rings. The van der Waals surface area contributed by atoms with Crippen LogP contribution in [0.15, 0.2) is 109 Å². The highest BCUT2D eigenvalue weighted by Gasteiger charge is 2.49. The van der Waals surface area contributed by atoms with Gasteiger partial charge in [0.25, 0.3) is 0 Å². The lowest BCUT2D eigenvalue weighted by Gasteiger charge is -2.29. The van der Waals surface area contributed by atoms with Crippen LogP contribution < -0.4 is 9.47 Å². The largest absolute Gasteiger partial charge is 0.489 e. The smallest absolute Gasteiger partial charge is 0.324 e. The predicted octanol–water partition coefficient (Wildman–Crippen LogP) is 6.74. The van der Waals surface area contributed by atoms with Gasteiger partial charge >= 0.3 is 11.9 Å². The molecule has 6 heteroatoms. The van der Waals surface area contributed by atoms with E-state index in [1.807, 2.05) is 109 Å². The first-order valence-corrected chi connectivity index (χ1v) is 13.9. The molecule has 0 aliphatic heterocycles. The van der Waals surface area contributed by atoms with Crippen LogP contribution in [0, 0.1) is 5.41 Å². The second kappa shape index (κ2) is 14.7. The molecule has 0 saturated carbocycles. The van der Waals surface area contributed by atoms with Crippen molar-refractivity contribution in [2.75, 3.05) is 13.2 Å². The second-order valence-corrected chi connectivity index (χ2v) is 9.71. The third kappa shape index (κ3) is 8.21. The van der Waals surface area contributed by atoms with Crippen molar-refractivity contribution in [1.29, 1.82) is 0 Å². The molecule has 0 amide bonds. The molecule has 0 fully saturated rings. The highest BCUT2D eigenvalue weighted by Crippen LogP contribution is 2.33. The van der Waals surface area contributed by atoms with E-state index >= 15 is 0 Å². The maximum atomic E-state index is 13.5. The Morgan fingerprint density at radius 2 is 0.878 bits per heavy atom. The predicted molar refractivity (Wildman–Crippen MR) is 158 cm³/mol. The van der Waals surface area contributed by atoms with Gasteiger partial charge in [-0.2, -0.15) is 0 Å². The van der Waals surface area contributed by atoms with Gasteiger partial charge < -0.3 is 18.9 Å². The van der Waals surface area contributed by atoms with E-state index in [1.165, 1.54) is 0 Å². The summed E-state index contributed by atoms with van der Waals surface area (Å²) in [5.74, 6) is 0.183. The third-order valence-corrected chi connectivity index (χ3v) is 6.69. The molecule has 0 N–H and O–H groups in total. The number of esters is 2. The lowest BCUT2D eigenvalue weighted by molar-refractivity contribution is -0.172. The topological polar surface area (TPSA) is 71.1 Å². The molecule has 4 rings (SSSR count). The summed E-state index contributed by atoms with van der Waals surface area (Å²) in [7, 11) is 0. The van der Waals surface area contributed by atoms with Gasteiger partial charge in [0.15, 0.2) is 5.41 Å². The fraction of sp³-hybridized carbons (Fsp3) is 0.257. The van der Waals surface area contributed by atoms with Crippen LogP contribution in [0.4, 0.5) is 0 Å². The van der Waals surface area contributed by atoms with Crippen molar-refractivity contribution in [3.05, 3.63) is 131 Å². The molecule has 41 heavy (non-hydrogen) atoms. The van der Waals surface area contributed by atoms with E-state index in [0.29, 0.717) is 24.7 Å². The maximum Gasteiger partial charge on any atom is 0.324 e. The minimum atomic E-state index is -1.55. The molecular weight excluding hydrogens is 516 g/mol. The van der Waals surface area contributed by atoms with Gasteiger partial charge in [0.1, 0.15) is 24.7 Å². The lowest BCUT2D eigenvalue weighted by Crippen LogP contribution is -2.45. The van der Waals surface area contributed by atoms with Crippen molar-refractivity contribution < 1.29 is 28.5 Å². The zero-order valence-electron chi connectivity index (χ0n) is 23.6. The molecule has 0 aliphatic rings. The van der Waals surface area contributed by atoms with Crippen molar-refractivity contribution >= 4 is 11.9 Å². The first kappa shape index (κ1) is 29.4. The first-order valence-electron chi connectivity index (χ1n) is 13.9. The summed E-state index contributed by atoms with van der Waals surface area (Å²) in [6.45, 7) is 4.65. The number of carbonyl (C=O) groups excluding carboxylic acids is 2. The fourth-order valence-corrected chi connectivity index (χ4v) is 4.56. The summed E-state index contributed by atoms with van der Waals surface area (Å²) >= 11 is 0. The van der Waals surface area contributed by atoms with E-state index in [0.717, 1.165) is 22.3 Å². The van der Waals surface area contributed by atoms with Gasteiger partial charge in [-0.05, 0) is 73.2 Å². The summed E-state index contributed by atoms with van der Waals surface area (Å²) in [6, 6.07) is 34.7.